The van der Waals surface area contributed by atoms with Crippen molar-refractivity contribution >= 4 is 14.0 Å². The van der Waals surface area contributed by atoms with Gasteiger partial charge in [0.1, 0.15) is 11.9 Å². The molecule has 0 aromatic heterocycles. The minimum Gasteiger partial charge on any atom is -0.465 e. The zero-order chi connectivity index (χ0) is 19.7. The molecule has 1 N–H and O–H groups in total. The van der Waals surface area contributed by atoms with Crippen LogP contribution in [0.2, 0.25) is 18.1 Å². The number of non-ortho nitro benzene ring substituents is 1. The van der Waals surface area contributed by atoms with Crippen molar-refractivity contribution in [2.45, 2.75) is 64.3 Å². The van der Waals surface area contributed by atoms with Crippen LogP contribution in [0.4, 0.5) is 5.69 Å². The number of hydrogen-bond donors (Lipinski definition) is 1. The Hall–Kier alpha value is -1.48. The van der Waals surface area contributed by atoms with Crippen LogP contribution in [0.15, 0.2) is 24.3 Å². The van der Waals surface area contributed by atoms with Crippen molar-refractivity contribution < 1.29 is 23.9 Å². The fourth-order valence-corrected chi connectivity index (χ4v) is 4.03. The molecule has 1 aliphatic heterocycles. The predicted octanol–water partition coefficient (Wildman–Crippen LogP) is 3.72. The first-order chi connectivity index (χ1) is 12.0. The second-order valence-corrected chi connectivity index (χ2v) is 13.1. The molecule has 0 bridgehead atoms. The highest BCUT2D eigenvalue weighted by molar-refractivity contribution is 6.74. The Morgan fingerprint density at radius 1 is 1.27 bits per heavy atom. The monoisotopic (exact) mass is 383 g/mol. The maximum atomic E-state index is 10.7. The Morgan fingerprint density at radius 2 is 1.85 bits per heavy atom. The smallest absolute Gasteiger partial charge is 0.269 e. The van der Waals surface area contributed by atoms with Gasteiger partial charge in [0.15, 0.2) is 8.32 Å². The largest absolute Gasteiger partial charge is 0.465 e. The van der Waals surface area contributed by atoms with Gasteiger partial charge in [-0.15, -0.1) is 0 Å². The first-order valence-corrected chi connectivity index (χ1v) is 11.7. The van der Waals surface area contributed by atoms with E-state index in [2.05, 4.69) is 33.9 Å². The fraction of sp³-hybridized carbons (Fsp3) is 0.667. The molecule has 8 heteroatoms. The quantitative estimate of drug-likeness (QED) is 0.457. The van der Waals surface area contributed by atoms with Crippen molar-refractivity contribution in [3.05, 3.63) is 34.4 Å². The topological polar surface area (TPSA) is 91.1 Å². The fourth-order valence-electron chi connectivity index (χ4n) is 2.63. The lowest BCUT2D eigenvalue weighted by molar-refractivity contribution is -0.384. The SMILES string of the molecule is C[C@H]1[C@@H](Oc2ccc([N+](=O)[O-])cc2)O[C@H](CO)[C@H]1O[Si](C)(C)C(C)(C)C. The normalized spacial score (nSPS) is 26.7. The van der Waals surface area contributed by atoms with Crippen molar-refractivity contribution in [3.8, 4) is 5.75 Å². The molecular formula is C18H29NO6Si. The van der Waals surface area contributed by atoms with Crippen molar-refractivity contribution in [2.75, 3.05) is 6.61 Å². The Morgan fingerprint density at radius 3 is 2.31 bits per heavy atom. The number of ether oxygens (including phenoxy) is 2. The average Bonchev–Trinajstić information content (AvgIpc) is 2.82. The first-order valence-electron chi connectivity index (χ1n) is 8.81. The summed E-state index contributed by atoms with van der Waals surface area (Å²) in [5, 5.41) is 20.5. The number of nitro groups is 1. The molecule has 4 atom stereocenters. The summed E-state index contributed by atoms with van der Waals surface area (Å²) in [6.45, 7) is 12.7. The van der Waals surface area contributed by atoms with Crippen LogP contribution in [-0.2, 0) is 9.16 Å². The molecule has 1 saturated heterocycles. The van der Waals surface area contributed by atoms with Gasteiger partial charge in [0.05, 0.1) is 17.6 Å². The summed E-state index contributed by atoms with van der Waals surface area (Å²) in [7, 11) is -2.03. The van der Waals surface area contributed by atoms with E-state index in [9.17, 15) is 15.2 Å². The van der Waals surface area contributed by atoms with Gasteiger partial charge in [-0.25, -0.2) is 0 Å². The van der Waals surface area contributed by atoms with E-state index in [1.165, 1.54) is 12.1 Å². The molecule has 0 unspecified atom stereocenters. The van der Waals surface area contributed by atoms with Gasteiger partial charge in [-0.3, -0.25) is 10.1 Å². The maximum Gasteiger partial charge on any atom is 0.269 e. The van der Waals surface area contributed by atoms with E-state index in [0.29, 0.717) is 5.75 Å². The number of nitro benzene ring substituents is 1. The Balaban J connectivity index is 2.11. The van der Waals surface area contributed by atoms with E-state index in [0.717, 1.165) is 0 Å². The molecule has 1 heterocycles. The van der Waals surface area contributed by atoms with E-state index >= 15 is 0 Å². The first kappa shape index (κ1) is 20.8. The summed E-state index contributed by atoms with van der Waals surface area (Å²) >= 11 is 0. The number of rotatable bonds is 6. The second kappa shape index (κ2) is 7.64. The lowest BCUT2D eigenvalue weighted by Gasteiger charge is -2.40. The molecule has 26 heavy (non-hydrogen) atoms. The summed E-state index contributed by atoms with van der Waals surface area (Å²) in [4.78, 5) is 10.3. The molecule has 146 valence electrons. The highest BCUT2D eigenvalue weighted by atomic mass is 28.4. The average molecular weight is 384 g/mol. The van der Waals surface area contributed by atoms with Crippen LogP contribution in [0, 0.1) is 16.0 Å². The third-order valence-corrected chi connectivity index (χ3v) is 9.81. The van der Waals surface area contributed by atoms with Gasteiger partial charge in [0, 0.05) is 18.1 Å². The highest BCUT2D eigenvalue weighted by Crippen LogP contribution is 2.41. The van der Waals surface area contributed by atoms with E-state index in [1.54, 1.807) is 12.1 Å². The van der Waals surface area contributed by atoms with Crippen molar-refractivity contribution in [3.63, 3.8) is 0 Å². The maximum absolute atomic E-state index is 10.7. The molecule has 2 rings (SSSR count). The van der Waals surface area contributed by atoms with Gasteiger partial charge in [-0.2, -0.15) is 0 Å². The van der Waals surface area contributed by atoms with Crippen LogP contribution >= 0.6 is 0 Å². The van der Waals surface area contributed by atoms with Crippen LogP contribution in [0.25, 0.3) is 0 Å². The lowest BCUT2D eigenvalue weighted by Crippen LogP contribution is -2.48. The predicted molar refractivity (Wildman–Crippen MR) is 101 cm³/mol. The molecule has 0 aliphatic carbocycles. The van der Waals surface area contributed by atoms with Gasteiger partial charge in [0.2, 0.25) is 6.29 Å². The minimum atomic E-state index is -2.03. The number of nitrogens with zero attached hydrogens (tertiary/aromatic N) is 1. The van der Waals surface area contributed by atoms with E-state index in [4.69, 9.17) is 13.9 Å². The molecule has 0 spiro atoms. The molecule has 1 aliphatic rings. The summed E-state index contributed by atoms with van der Waals surface area (Å²) in [6, 6.07) is 5.87. The van der Waals surface area contributed by atoms with E-state index < -0.39 is 25.6 Å². The van der Waals surface area contributed by atoms with Gasteiger partial charge >= 0.3 is 0 Å². The molecule has 0 radical (unpaired) electrons. The highest BCUT2D eigenvalue weighted by Gasteiger charge is 2.49. The Kier molecular flexibility index (Phi) is 6.12. The molecule has 1 aromatic rings. The zero-order valence-electron chi connectivity index (χ0n) is 16.3. The van der Waals surface area contributed by atoms with Gasteiger partial charge in [0.25, 0.3) is 5.69 Å². The summed E-state index contributed by atoms with van der Waals surface area (Å²) in [6.07, 6.45) is -1.30. The molecule has 7 nitrogen and oxygen atoms in total. The number of benzene rings is 1. The van der Waals surface area contributed by atoms with Crippen molar-refractivity contribution in [1.82, 2.24) is 0 Å². The standard InChI is InChI=1S/C18H29NO6Si/c1-12-16(25-26(5,6)18(2,3)4)15(11-20)24-17(12)23-14-9-7-13(8-10-14)19(21)22/h7-10,12,15-17,20H,11H2,1-6H3/t12-,15-,16+,17+/m1/s1. The number of aliphatic hydroxyl groups excluding tert-OH is 1. The number of aliphatic hydroxyl groups is 1. The van der Waals surface area contributed by atoms with Crippen LogP contribution in [-0.4, -0.2) is 43.5 Å². The Bertz CT molecular complexity index is 628. The molecule has 0 amide bonds. The van der Waals surface area contributed by atoms with Gasteiger partial charge in [-0.1, -0.05) is 27.7 Å². The van der Waals surface area contributed by atoms with E-state index in [-0.39, 0.29) is 29.4 Å². The van der Waals surface area contributed by atoms with E-state index in [1.807, 2.05) is 6.92 Å². The zero-order valence-corrected chi connectivity index (χ0v) is 17.3. The van der Waals surface area contributed by atoms with Crippen LogP contribution < -0.4 is 4.74 Å². The second-order valence-electron chi connectivity index (χ2n) is 8.30. The van der Waals surface area contributed by atoms with Crippen LogP contribution in [0.5, 0.6) is 5.75 Å². The van der Waals surface area contributed by atoms with Crippen LogP contribution in [0.1, 0.15) is 27.7 Å². The lowest BCUT2D eigenvalue weighted by atomic mass is 10.0. The summed E-state index contributed by atoms with van der Waals surface area (Å²) in [5.41, 5.74) is 0.00473. The summed E-state index contributed by atoms with van der Waals surface area (Å²) in [5.74, 6) is 0.397. The number of hydrogen-bond acceptors (Lipinski definition) is 6. The van der Waals surface area contributed by atoms with Crippen molar-refractivity contribution in [2.24, 2.45) is 5.92 Å². The molecule has 1 aromatic carbocycles. The minimum absolute atomic E-state index is 0.00473. The van der Waals surface area contributed by atoms with Crippen LogP contribution in [0.3, 0.4) is 0 Å². The van der Waals surface area contributed by atoms with Gasteiger partial charge < -0.3 is 19.0 Å². The Labute approximate surface area is 155 Å². The third kappa shape index (κ3) is 4.43. The molecule has 0 saturated carbocycles. The summed E-state index contributed by atoms with van der Waals surface area (Å²) < 4.78 is 18.2. The third-order valence-electron chi connectivity index (χ3n) is 5.34. The van der Waals surface area contributed by atoms with Gasteiger partial charge in [-0.05, 0) is 30.3 Å². The van der Waals surface area contributed by atoms with Crippen molar-refractivity contribution in [1.29, 1.82) is 0 Å². The molecular weight excluding hydrogens is 354 g/mol. The molecule has 1 fully saturated rings.